The van der Waals surface area contributed by atoms with Gasteiger partial charge < -0.3 is 0 Å². The van der Waals surface area contributed by atoms with Crippen molar-refractivity contribution in [3.8, 4) is 0 Å². The maximum Gasteiger partial charge on any atom is 0.264 e. The van der Waals surface area contributed by atoms with Crippen LogP contribution < -0.4 is 0 Å². The maximum atomic E-state index is 10.7. The number of aliphatic imine (C=N–C) groups is 2. The molecule has 0 unspecified atom stereocenters. The van der Waals surface area contributed by atoms with Crippen LogP contribution in [0.5, 0.6) is 0 Å². The first-order chi connectivity index (χ1) is 12.6. The second kappa shape index (κ2) is 11.3. The molecule has 0 bridgehead atoms. The Hall–Kier alpha value is -1.62. The predicted molar refractivity (Wildman–Crippen MR) is 107 cm³/mol. The standard InChI is InChI=1S/C17H26N2O6S2/c1-2-17(19-9-5-11-27(23,24)25)13-15-6-3-7-16(12-15)14-18-8-4-10-26(20,21)22/h3,6-7,12,14H,2,4-5,8-11,13H2,1H3,(H,20,21,22)(H,23,24,25). The fourth-order valence-corrected chi connectivity index (χ4v) is 3.29. The highest BCUT2D eigenvalue weighted by Gasteiger charge is 2.05. The highest BCUT2D eigenvalue weighted by molar-refractivity contribution is 7.86. The molecule has 0 fully saturated rings. The monoisotopic (exact) mass is 418 g/mol. The summed E-state index contributed by atoms with van der Waals surface area (Å²) in [6.45, 7) is 2.62. The van der Waals surface area contributed by atoms with Gasteiger partial charge in [-0.1, -0.05) is 25.1 Å². The van der Waals surface area contributed by atoms with Gasteiger partial charge in [-0.15, -0.1) is 0 Å². The molecule has 8 nitrogen and oxygen atoms in total. The minimum atomic E-state index is -3.95. The zero-order valence-corrected chi connectivity index (χ0v) is 16.9. The van der Waals surface area contributed by atoms with E-state index in [0.29, 0.717) is 19.5 Å². The Morgan fingerprint density at radius 1 is 1.04 bits per heavy atom. The van der Waals surface area contributed by atoms with E-state index in [0.717, 1.165) is 23.3 Å². The van der Waals surface area contributed by atoms with Crippen LogP contribution in [0.1, 0.15) is 37.3 Å². The molecular formula is C17H26N2O6S2. The molecule has 0 aliphatic heterocycles. The minimum Gasteiger partial charge on any atom is -0.294 e. The quantitative estimate of drug-likeness (QED) is 0.303. The van der Waals surface area contributed by atoms with E-state index in [2.05, 4.69) is 9.98 Å². The number of hydrogen-bond donors (Lipinski definition) is 2. The molecule has 1 aromatic carbocycles. The Morgan fingerprint density at radius 3 is 2.26 bits per heavy atom. The number of hydrogen-bond acceptors (Lipinski definition) is 6. The van der Waals surface area contributed by atoms with E-state index in [1.165, 1.54) is 0 Å². The van der Waals surface area contributed by atoms with Gasteiger partial charge in [0.1, 0.15) is 0 Å². The van der Waals surface area contributed by atoms with Crippen molar-refractivity contribution in [2.75, 3.05) is 24.6 Å². The van der Waals surface area contributed by atoms with E-state index in [9.17, 15) is 16.8 Å². The SMILES string of the molecule is CCC(Cc1cccc(C=NCCCS(=O)(=O)O)c1)=NCCCS(=O)(=O)O. The van der Waals surface area contributed by atoms with E-state index in [1.807, 2.05) is 31.2 Å². The summed E-state index contributed by atoms with van der Waals surface area (Å²) < 4.78 is 60.1. The van der Waals surface area contributed by atoms with Gasteiger partial charge in [0, 0.05) is 31.4 Å². The lowest BCUT2D eigenvalue weighted by Crippen LogP contribution is -2.07. The molecule has 0 atom stereocenters. The average Bonchev–Trinajstić information content (AvgIpc) is 2.55. The second-order valence-corrected chi connectivity index (χ2v) is 9.18. The van der Waals surface area contributed by atoms with E-state index in [1.54, 1.807) is 6.21 Å². The van der Waals surface area contributed by atoms with Crippen molar-refractivity contribution in [1.82, 2.24) is 0 Å². The largest absolute Gasteiger partial charge is 0.294 e. The molecule has 0 saturated heterocycles. The van der Waals surface area contributed by atoms with Crippen molar-refractivity contribution in [3.05, 3.63) is 35.4 Å². The molecule has 0 radical (unpaired) electrons. The molecule has 10 heteroatoms. The van der Waals surface area contributed by atoms with Crippen molar-refractivity contribution >= 4 is 32.2 Å². The van der Waals surface area contributed by atoms with Crippen LogP contribution in [0.15, 0.2) is 34.3 Å². The Balaban J connectivity index is 2.58. The van der Waals surface area contributed by atoms with Crippen LogP contribution in [0.4, 0.5) is 0 Å². The molecule has 0 aromatic heterocycles. The molecule has 1 rings (SSSR count). The van der Waals surface area contributed by atoms with Crippen molar-refractivity contribution in [1.29, 1.82) is 0 Å². The summed E-state index contributed by atoms with van der Waals surface area (Å²) in [5, 5.41) is 0. The fraction of sp³-hybridized carbons (Fsp3) is 0.529. The van der Waals surface area contributed by atoms with Gasteiger partial charge in [-0.3, -0.25) is 19.1 Å². The first kappa shape index (κ1) is 23.4. The average molecular weight is 419 g/mol. The molecule has 0 heterocycles. The van der Waals surface area contributed by atoms with Gasteiger partial charge in [0.15, 0.2) is 0 Å². The zero-order valence-electron chi connectivity index (χ0n) is 15.3. The number of nitrogens with zero attached hydrogens (tertiary/aromatic N) is 2. The molecule has 0 aliphatic carbocycles. The van der Waals surface area contributed by atoms with Crippen LogP contribution in [0.2, 0.25) is 0 Å². The summed E-state index contributed by atoms with van der Waals surface area (Å²) in [6.07, 6.45) is 3.55. The van der Waals surface area contributed by atoms with E-state index >= 15 is 0 Å². The van der Waals surface area contributed by atoms with Crippen LogP contribution in [0.25, 0.3) is 0 Å². The summed E-state index contributed by atoms with van der Waals surface area (Å²) in [4.78, 5) is 8.56. The molecule has 0 aliphatic rings. The molecule has 2 N–H and O–H groups in total. The first-order valence-corrected chi connectivity index (χ1v) is 11.8. The highest BCUT2D eigenvalue weighted by atomic mass is 32.2. The Kier molecular flexibility index (Phi) is 9.78. The van der Waals surface area contributed by atoms with Gasteiger partial charge in [-0.2, -0.15) is 16.8 Å². The summed E-state index contributed by atoms with van der Waals surface area (Å²) in [6, 6.07) is 7.68. The van der Waals surface area contributed by atoms with Crippen LogP contribution in [-0.4, -0.2) is 62.5 Å². The minimum absolute atomic E-state index is 0.255. The zero-order chi connectivity index (χ0) is 20.3. The summed E-state index contributed by atoms with van der Waals surface area (Å²) in [7, 11) is -7.89. The third-order valence-electron chi connectivity index (χ3n) is 3.59. The smallest absolute Gasteiger partial charge is 0.264 e. The third kappa shape index (κ3) is 12.4. The molecule has 152 valence electrons. The van der Waals surface area contributed by atoms with E-state index < -0.39 is 20.2 Å². The third-order valence-corrected chi connectivity index (χ3v) is 5.20. The lowest BCUT2D eigenvalue weighted by atomic mass is 10.0. The topological polar surface area (TPSA) is 133 Å². The molecule has 0 amide bonds. The van der Waals surface area contributed by atoms with E-state index in [4.69, 9.17) is 9.11 Å². The number of benzene rings is 1. The first-order valence-electron chi connectivity index (χ1n) is 8.60. The summed E-state index contributed by atoms with van der Waals surface area (Å²) >= 11 is 0. The van der Waals surface area contributed by atoms with E-state index in [-0.39, 0.29) is 24.3 Å². The second-order valence-electron chi connectivity index (χ2n) is 6.04. The van der Waals surface area contributed by atoms with Gasteiger partial charge in [0.25, 0.3) is 20.2 Å². The molecule has 0 saturated carbocycles. The summed E-state index contributed by atoms with van der Waals surface area (Å²) in [5.41, 5.74) is 2.85. The van der Waals surface area contributed by atoms with Gasteiger partial charge in [-0.05, 0) is 36.5 Å². The normalized spacial score (nSPS) is 13.4. The maximum absolute atomic E-state index is 10.7. The fourth-order valence-electron chi connectivity index (χ4n) is 2.30. The van der Waals surface area contributed by atoms with Gasteiger partial charge in [-0.25, -0.2) is 0 Å². The van der Waals surface area contributed by atoms with Gasteiger partial charge in [0.2, 0.25) is 0 Å². The van der Waals surface area contributed by atoms with Crippen molar-refractivity contribution < 1.29 is 25.9 Å². The molecule has 27 heavy (non-hydrogen) atoms. The molecule has 1 aromatic rings. The summed E-state index contributed by atoms with van der Waals surface area (Å²) in [5.74, 6) is -0.602. The van der Waals surface area contributed by atoms with Gasteiger partial charge >= 0.3 is 0 Å². The van der Waals surface area contributed by atoms with Crippen LogP contribution in [-0.2, 0) is 26.7 Å². The van der Waals surface area contributed by atoms with Gasteiger partial charge in [0.05, 0.1) is 11.5 Å². The van der Waals surface area contributed by atoms with Crippen LogP contribution in [0.3, 0.4) is 0 Å². The van der Waals surface area contributed by atoms with Crippen LogP contribution in [0, 0.1) is 0 Å². The Labute approximate surface area is 160 Å². The van der Waals surface area contributed by atoms with Crippen LogP contribution >= 0.6 is 0 Å². The lowest BCUT2D eigenvalue weighted by Gasteiger charge is -2.06. The van der Waals surface area contributed by atoms with Crippen molar-refractivity contribution in [2.45, 2.75) is 32.6 Å². The lowest BCUT2D eigenvalue weighted by molar-refractivity contribution is 0.479. The Morgan fingerprint density at radius 2 is 1.67 bits per heavy atom. The molecular weight excluding hydrogens is 392 g/mol. The highest BCUT2D eigenvalue weighted by Crippen LogP contribution is 2.07. The number of rotatable bonds is 12. The van der Waals surface area contributed by atoms with Crippen molar-refractivity contribution in [2.24, 2.45) is 9.98 Å². The Bertz CT molecular complexity index is 861. The van der Waals surface area contributed by atoms with Crippen molar-refractivity contribution in [3.63, 3.8) is 0 Å². The predicted octanol–water partition coefficient (Wildman–Crippen LogP) is 2.05. The molecule has 0 spiro atoms.